The fourth-order valence-electron chi connectivity index (χ4n) is 2.75. The molecule has 0 aromatic carbocycles. The second-order valence-corrected chi connectivity index (χ2v) is 8.66. The van der Waals surface area contributed by atoms with E-state index in [1.165, 1.54) is 22.0 Å². The summed E-state index contributed by atoms with van der Waals surface area (Å²) in [6.07, 6.45) is 3.43. The van der Waals surface area contributed by atoms with Crippen LogP contribution in [-0.2, 0) is 12.8 Å². The van der Waals surface area contributed by atoms with E-state index in [1.807, 2.05) is 11.3 Å². The molecule has 0 saturated heterocycles. The van der Waals surface area contributed by atoms with Gasteiger partial charge in [0.1, 0.15) is 0 Å². The molecule has 0 radical (unpaired) electrons. The second kappa shape index (κ2) is 4.61. The Morgan fingerprint density at radius 1 is 1.39 bits per heavy atom. The van der Waals surface area contributed by atoms with Crippen molar-refractivity contribution in [3.05, 3.63) is 15.6 Å². The maximum Gasteiger partial charge on any atom is 0.0936 e. The predicted octanol–water partition coefficient (Wildman–Crippen LogP) is 3.96. The molecule has 1 N–H and O–H groups in total. The van der Waals surface area contributed by atoms with Gasteiger partial charge in [-0.05, 0) is 30.7 Å². The minimum atomic E-state index is 0.325. The number of hydrogen-bond acceptors (Lipinski definition) is 3. The van der Waals surface area contributed by atoms with Gasteiger partial charge in [0.25, 0.3) is 0 Å². The van der Waals surface area contributed by atoms with Crippen LogP contribution in [0.1, 0.15) is 62.7 Å². The molecular formula is C15H26N2S. The summed E-state index contributed by atoms with van der Waals surface area (Å²) in [6, 6.07) is 0.495. The molecule has 1 aromatic heterocycles. The normalized spacial score (nSPS) is 22.9. The van der Waals surface area contributed by atoms with E-state index >= 15 is 0 Å². The molecule has 2 rings (SSSR count). The summed E-state index contributed by atoms with van der Waals surface area (Å²) in [6.45, 7) is 11.6. The van der Waals surface area contributed by atoms with Crippen LogP contribution < -0.4 is 5.32 Å². The van der Waals surface area contributed by atoms with Crippen LogP contribution in [0, 0.1) is 10.8 Å². The number of nitrogens with zero attached hydrogens (tertiary/aromatic N) is 1. The predicted molar refractivity (Wildman–Crippen MR) is 79.2 cm³/mol. The summed E-state index contributed by atoms with van der Waals surface area (Å²) in [5.41, 5.74) is 2.04. The van der Waals surface area contributed by atoms with Gasteiger partial charge in [-0.3, -0.25) is 0 Å². The first-order chi connectivity index (χ1) is 8.20. The quantitative estimate of drug-likeness (QED) is 0.876. The Bertz CT molecular complexity index is 426. The largest absolute Gasteiger partial charge is 0.312 e. The number of aromatic nitrogens is 1. The average Bonchev–Trinajstić information content (AvgIpc) is 2.53. The van der Waals surface area contributed by atoms with Gasteiger partial charge < -0.3 is 5.32 Å². The third kappa shape index (κ3) is 3.12. The second-order valence-electron chi connectivity index (χ2n) is 7.54. The maximum absolute atomic E-state index is 4.91. The van der Waals surface area contributed by atoms with Crippen LogP contribution in [0.5, 0.6) is 0 Å². The minimum absolute atomic E-state index is 0.325. The first-order valence-corrected chi connectivity index (χ1v) is 7.68. The van der Waals surface area contributed by atoms with Crippen molar-refractivity contribution < 1.29 is 0 Å². The summed E-state index contributed by atoms with van der Waals surface area (Å²) in [7, 11) is 2.07. The van der Waals surface area contributed by atoms with Crippen LogP contribution in [0.15, 0.2) is 0 Å². The molecule has 0 aliphatic heterocycles. The molecule has 1 aliphatic carbocycles. The minimum Gasteiger partial charge on any atom is -0.312 e. The van der Waals surface area contributed by atoms with Gasteiger partial charge in [-0.2, -0.15) is 0 Å². The highest BCUT2D eigenvalue weighted by atomic mass is 32.1. The van der Waals surface area contributed by atoms with Crippen molar-refractivity contribution >= 4 is 11.3 Å². The van der Waals surface area contributed by atoms with Gasteiger partial charge in [0, 0.05) is 17.3 Å². The molecule has 1 heterocycles. The molecule has 18 heavy (non-hydrogen) atoms. The zero-order chi connectivity index (χ0) is 13.6. The van der Waals surface area contributed by atoms with E-state index in [4.69, 9.17) is 4.98 Å². The lowest BCUT2D eigenvalue weighted by molar-refractivity contribution is 0.265. The highest BCUT2D eigenvalue weighted by molar-refractivity contribution is 7.11. The van der Waals surface area contributed by atoms with Crippen LogP contribution in [0.3, 0.4) is 0 Å². The molecule has 0 bridgehead atoms. The zero-order valence-electron chi connectivity index (χ0n) is 12.6. The monoisotopic (exact) mass is 266 g/mol. The topological polar surface area (TPSA) is 24.9 Å². The van der Waals surface area contributed by atoms with Crippen LogP contribution in [0.4, 0.5) is 0 Å². The SMILES string of the molecule is CNC1CC(C)(C)Cc2nc(CC(C)(C)C)sc21. The Morgan fingerprint density at radius 2 is 2.06 bits per heavy atom. The number of hydrogen-bond donors (Lipinski definition) is 1. The Labute approximate surface area is 115 Å². The molecule has 3 heteroatoms. The van der Waals surface area contributed by atoms with Gasteiger partial charge in [-0.15, -0.1) is 11.3 Å². The summed E-state index contributed by atoms with van der Waals surface area (Å²) in [4.78, 5) is 6.39. The summed E-state index contributed by atoms with van der Waals surface area (Å²) >= 11 is 1.92. The Morgan fingerprint density at radius 3 is 2.61 bits per heavy atom. The third-order valence-corrected chi connectivity index (χ3v) is 4.73. The first-order valence-electron chi connectivity index (χ1n) is 6.86. The van der Waals surface area contributed by atoms with Crippen molar-refractivity contribution in [2.45, 2.75) is 59.9 Å². The van der Waals surface area contributed by atoms with E-state index in [2.05, 4.69) is 47.0 Å². The maximum atomic E-state index is 4.91. The highest BCUT2D eigenvalue weighted by Crippen LogP contribution is 2.43. The van der Waals surface area contributed by atoms with E-state index in [1.54, 1.807) is 0 Å². The summed E-state index contributed by atoms with van der Waals surface area (Å²) < 4.78 is 0. The van der Waals surface area contributed by atoms with Crippen molar-refractivity contribution in [2.24, 2.45) is 10.8 Å². The number of rotatable bonds is 2. The van der Waals surface area contributed by atoms with E-state index in [9.17, 15) is 0 Å². The molecule has 1 atom stereocenters. The standard InChI is InChI=1S/C15H26N2S/c1-14(2,3)9-12-17-11-8-15(4,5)7-10(16-6)13(11)18-12/h10,16H,7-9H2,1-6H3. The lowest BCUT2D eigenvalue weighted by Gasteiger charge is -2.34. The molecule has 1 aliphatic rings. The van der Waals surface area contributed by atoms with Crippen LogP contribution >= 0.6 is 11.3 Å². The van der Waals surface area contributed by atoms with Gasteiger partial charge in [-0.25, -0.2) is 4.98 Å². The van der Waals surface area contributed by atoms with E-state index in [0.29, 0.717) is 16.9 Å². The van der Waals surface area contributed by atoms with E-state index in [0.717, 1.165) is 12.8 Å². The van der Waals surface area contributed by atoms with E-state index in [-0.39, 0.29) is 0 Å². The number of fused-ring (bicyclic) bond motifs is 1. The lowest BCUT2D eigenvalue weighted by Crippen LogP contribution is -2.30. The van der Waals surface area contributed by atoms with Gasteiger partial charge in [-0.1, -0.05) is 34.6 Å². The molecule has 0 fully saturated rings. The smallest absolute Gasteiger partial charge is 0.0936 e. The summed E-state index contributed by atoms with van der Waals surface area (Å²) in [5, 5.41) is 4.77. The Kier molecular flexibility index (Phi) is 3.58. The van der Waals surface area contributed by atoms with Gasteiger partial charge in [0.2, 0.25) is 0 Å². The Balaban J connectivity index is 2.29. The molecule has 1 aromatic rings. The van der Waals surface area contributed by atoms with Gasteiger partial charge >= 0.3 is 0 Å². The van der Waals surface area contributed by atoms with Crippen molar-refractivity contribution in [3.63, 3.8) is 0 Å². The fraction of sp³-hybridized carbons (Fsp3) is 0.800. The van der Waals surface area contributed by atoms with Crippen molar-refractivity contribution in [1.82, 2.24) is 10.3 Å². The molecule has 0 amide bonds. The molecular weight excluding hydrogens is 240 g/mol. The number of nitrogens with one attached hydrogen (secondary N) is 1. The molecule has 1 unspecified atom stereocenters. The van der Waals surface area contributed by atoms with Gasteiger partial charge in [0.05, 0.1) is 10.7 Å². The third-order valence-electron chi connectivity index (χ3n) is 3.52. The molecule has 102 valence electrons. The zero-order valence-corrected chi connectivity index (χ0v) is 13.4. The molecule has 0 saturated carbocycles. The first kappa shape index (κ1) is 14.0. The van der Waals surface area contributed by atoms with E-state index < -0.39 is 0 Å². The van der Waals surface area contributed by atoms with Crippen LogP contribution in [-0.4, -0.2) is 12.0 Å². The van der Waals surface area contributed by atoms with Crippen molar-refractivity contribution in [1.29, 1.82) is 0 Å². The van der Waals surface area contributed by atoms with Gasteiger partial charge in [0.15, 0.2) is 0 Å². The van der Waals surface area contributed by atoms with Crippen LogP contribution in [0.2, 0.25) is 0 Å². The molecule has 2 nitrogen and oxygen atoms in total. The number of thiazole rings is 1. The molecule has 0 spiro atoms. The van der Waals surface area contributed by atoms with Crippen LogP contribution in [0.25, 0.3) is 0 Å². The van der Waals surface area contributed by atoms with Crippen molar-refractivity contribution in [2.75, 3.05) is 7.05 Å². The average molecular weight is 266 g/mol. The Hall–Kier alpha value is -0.410. The lowest BCUT2D eigenvalue weighted by atomic mass is 9.76. The van der Waals surface area contributed by atoms with Crippen molar-refractivity contribution in [3.8, 4) is 0 Å². The fourth-order valence-corrected chi connectivity index (χ4v) is 4.24. The highest BCUT2D eigenvalue weighted by Gasteiger charge is 2.34. The summed E-state index contributed by atoms with van der Waals surface area (Å²) in [5.74, 6) is 0.